The Morgan fingerprint density at radius 2 is 1.76 bits per heavy atom. The topological polar surface area (TPSA) is 95.6 Å². The molecule has 2 amide bonds. The lowest BCUT2D eigenvalue weighted by atomic mass is 10.2. The Bertz CT molecular complexity index is 648. The van der Waals surface area contributed by atoms with Crippen molar-refractivity contribution in [2.24, 2.45) is 0 Å². The summed E-state index contributed by atoms with van der Waals surface area (Å²) in [6.07, 6.45) is 0. The molecule has 114 valence electrons. The van der Waals surface area contributed by atoms with Gasteiger partial charge in [-0.15, -0.1) is 0 Å². The van der Waals surface area contributed by atoms with Gasteiger partial charge >= 0.3 is 6.03 Å². The maximum absolute atomic E-state index is 12.3. The summed E-state index contributed by atoms with van der Waals surface area (Å²) in [4.78, 5) is 22.4. The van der Waals surface area contributed by atoms with E-state index >= 15 is 0 Å². The smallest absolute Gasteiger partial charge is 0.314 e. The molecule has 0 saturated carbocycles. The highest BCUT2D eigenvalue weighted by atomic mass is 32.2. The van der Waals surface area contributed by atoms with Crippen LogP contribution in [-0.4, -0.2) is 50.7 Å². The highest BCUT2D eigenvalue weighted by molar-refractivity contribution is 7.89. The number of benzene rings is 1. The third-order valence-electron chi connectivity index (χ3n) is 3.31. The van der Waals surface area contributed by atoms with Gasteiger partial charge < -0.3 is 10.6 Å². The molecule has 2 rings (SSSR count). The maximum atomic E-state index is 12.3. The molecule has 0 bridgehead atoms. The predicted octanol–water partition coefficient (Wildman–Crippen LogP) is 0.191. The summed E-state index contributed by atoms with van der Waals surface area (Å²) in [5.41, 5.74) is 0.469. The van der Waals surface area contributed by atoms with Gasteiger partial charge in [-0.2, -0.15) is 4.31 Å². The van der Waals surface area contributed by atoms with Crippen LogP contribution < -0.4 is 10.6 Å². The number of sulfonamides is 1. The van der Waals surface area contributed by atoms with Crippen molar-refractivity contribution in [3.05, 3.63) is 29.8 Å². The first-order valence-corrected chi connectivity index (χ1v) is 7.88. The molecule has 1 aliphatic rings. The number of nitrogens with one attached hydrogen (secondary N) is 2. The summed E-state index contributed by atoms with van der Waals surface area (Å²) >= 11 is 0. The third-order valence-corrected chi connectivity index (χ3v) is 5.15. The number of hydrogen-bond acceptors (Lipinski definition) is 4. The van der Waals surface area contributed by atoms with Crippen LogP contribution in [0.3, 0.4) is 0 Å². The van der Waals surface area contributed by atoms with Crippen LogP contribution in [0, 0.1) is 0 Å². The number of amides is 2. The van der Waals surface area contributed by atoms with E-state index in [9.17, 15) is 18.0 Å². The molecule has 8 heteroatoms. The third kappa shape index (κ3) is 3.22. The predicted molar refractivity (Wildman–Crippen MR) is 76.6 cm³/mol. The molecule has 2 N–H and O–H groups in total. The Morgan fingerprint density at radius 1 is 1.19 bits per heavy atom. The van der Waals surface area contributed by atoms with Crippen molar-refractivity contribution < 1.29 is 18.0 Å². The minimum absolute atomic E-state index is 0.113. The Hall–Kier alpha value is -1.93. The fraction of sp³-hybridized carbons (Fsp3) is 0.385. The first-order valence-electron chi connectivity index (χ1n) is 6.44. The second kappa shape index (κ2) is 5.82. The van der Waals surface area contributed by atoms with Gasteiger partial charge in [0.1, 0.15) is 0 Å². The first kappa shape index (κ1) is 15.5. The molecule has 1 aromatic carbocycles. The lowest BCUT2D eigenvalue weighted by Crippen LogP contribution is -2.61. The summed E-state index contributed by atoms with van der Waals surface area (Å²) in [5.74, 6) is -0.113. The zero-order chi connectivity index (χ0) is 15.6. The lowest BCUT2D eigenvalue weighted by Gasteiger charge is -2.38. The molecule has 0 atom stereocenters. The molecule has 0 spiro atoms. The molecule has 0 radical (unpaired) electrons. The number of carbonyl (C=O) groups excluding carboxylic acids is 2. The second-order valence-corrected chi connectivity index (χ2v) is 6.76. The van der Waals surface area contributed by atoms with Crippen LogP contribution in [0.15, 0.2) is 29.2 Å². The van der Waals surface area contributed by atoms with Gasteiger partial charge in [0, 0.05) is 25.7 Å². The van der Waals surface area contributed by atoms with Crippen molar-refractivity contribution in [1.82, 2.24) is 14.9 Å². The van der Waals surface area contributed by atoms with E-state index in [1.165, 1.54) is 42.5 Å². The largest absolute Gasteiger partial charge is 0.341 e. The fourth-order valence-electron chi connectivity index (χ4n) is 1.99. The normalized spacial score (nSPS) is 16.1. The van der Waals surface area contributed by atoms with E-state index in [2.05, 4.69) is 10.6 Å². The van der Waals surface area contributed by atoms with Crippen molar-refractivity contribution >= 4 is 21.8 Å². The average molecular weight is 311 g/mol. The molecule has 21 heavy (non-hydrogen) atoms. The first-order chi connectivity index (χ1) is 9.84. The summed E-state index contributed by atoms with van der Waals surface area (Å²) in [7, 11) is -2.07. The van der Waals surface area contributed by atoms with E-state index in [1.54, 1.807) is 0 Å². The average Bonchev–Trinajstić information content (AvgIpc) is 2.41. The number of rotatable bonds is 4. The number of ketones is 1. The molecular weight excluding hydrogens is 294 g/mol. The van der Waals surface area contributed by atoms with Gasteiger partial charge in [-0.05, 0) is 19.1 Å². The molecule has 0 aromatic heterocycles. The van der Waals surface area contributed by atoms with Crippen molar-refractivity contribution in [3.63, 3.8) is 0 Å². The van der Waals surface area contributed by atoms with Gasteiger partial charge in [-0.25, -0.2) is 13.2 Å². The standard InChI is InChI=1S/C13H17N3O4S/c1-9(17)10-3-5-12(6-4-10)21(19,20)16-7-11(8-16)15-13(18)14-2/h3-6,11H,7-8H2,1-2H3,(H2,14,15,18). The van der Waals surface area contributed by atoms with E-state index in [0.717, 1.165) is 0 Å². The van der Waals surface area contributed by atoms with Crippen LogP contribution >= 0.6 is 0 Å². The number of urea groups is 1. The van der Waals surface area contributed by atoms with E-state index in [0.29, 0.717) is 5.56 Å². The monoisotopic (exact) mass is 311 g/mol. The molecule has 1 fully saturated rings. The number of Topliss-reactive ketones (excluding diaryl/α,β-unsaturated/α-hetero) is 1. The molecule has 0 unspecified atom stereocenters. The molecular formula is C13H17N3O4S. The Kier molecular flexibility index (Phi) is 4.29. The van der Waals surface area contributed by atoms with Gasteiger partial charge in [0.15, 0.2) is 5.78 Å². The Morgan fingerprint density at radius 3 is 2.24 bits per heavy atom. The van der Waals surface area contributed by atoms with Gasteiger partial charge in [0.05, 0.1) is 10.9 Å². The summed E-state index contributed by atoms with van der Waals surface area (Å²) in [5, 5.41) is 5.06. The minimum Gasteiger partial charge on any atom is -0.341 e. The van der Waals surface area contributed by atoms with Crippen LogP contribution in [0.2, 0.25) is 0 Å². The molecule has 7 nitrogen and oxygen atoms in total. The van der Waals surface area contributed by atoms with Crippen molar-refractivity contribution in [1.29, 1.82) is 0 Å². The van der Waals surface area contributed by atoms with Crippen LogP contribution in [0.1, 0.15) is 17.3 Å². The SMILES string of the molecule is CNC(=O)NC1CN(S(=O)(=O)c2ccc(C(C)=O)cc2)C1. The number of hydrogen-bond donors (Lipinski definition) is 2. The minimum atomic E-state index is -3.57. The summed E-state index contributed by atoms with van der Waals surface area (Å²) in [6.45, 7) is 1.91. The van der Waals surface area contributed by atoms with Crippen LogP contribution in [0.4, 0.5) is 4.79 Å². The molecule has 0 aliphatic carbocycles. The van der Waals surface area contributed by atoms with Crippen molar-refractivity contribution in [3.8, 4) is 0 Å². The zero-order valence-corrected chi connectivity index (χ0v) is 12.6. The molecule has 1 aliphatic heterocycles. The van der Waals surface area contributed by atoms with Gasteiger partial charge in [-0.3, -0.25) is 4.79 Å². The molecule has 1 saturated heterocycles. The van der Waals surface area contributed by atoms with Gasteiger partial charge in [0.25, 0.3) is 0 Å². The quantitative estimate of drug-likeness (QED) is 0.776. The molecule has 1 heterocycles. The molecule has 1 aromatic rings. The number of nitrogens with zero attached hydrogens (tertiary/aromatic N) is 1. The fourth-order valence-corrected chi connectivity index (χ4v) is 3.52. The summed E-state index contributed by atoms with van der Waals surface area (Å²) in [6, 6.07) is 5.32. The van der Waals surface area contributed by atoms with Crippen molar-refractivity contribution in [2.45, 2.75) is 17.9 Å². The van der Waals surface area contributed by atoms with E-state index < -0.39 is 10.0 Å². The Labute approximate surface area is 123 Å². The van der Waals surface area contributed by atoms with E-state index in [-0.39, 0.29) is 35.8 Å². The van der Waals surface area contributed by atoms with E-state index in [1.807, 2.05) is 0 Å². The lowest BCUT2D eigenvalue weighted by molar-refractivity contribution is 0.101. The summed E-state index contributed by atoms with van der Waals surface area (Å²) < 4.78 is 25.9. The van der Waals surface area contributed by atoms with E-state index in [4.69, 9.17) is 0 Å². The van der Waals surface area contributed by atoms with Gasteiger partial charge in [-0.1, -0.05) is 12.1 Å². The number of carbonyl (C=O) groups is 2. The van der Waals surface area contributed by atoms with Crippen LogP contribution in [0.5, 0.6) is 0 Å². The second-order valence-electron chi connectivity index (χ2n) is 4.82. The Balaban J connectivity index is 2.03. The van der Waals surface area contributed by atoms with Crippen LogP contribution in [0.25, 0.3) is 0 Å². The van der Waals surface area contributed by atoms with Crippen molar-refractivity contribution in [2.75, 3.05) is 20.1 Å². The van der Waals surface area contributed by atoms with Gasteiger partial charge in [0.2, 0.25) is 10.0 Å². The zero-order valence-electron chi connectivity index (χ0n) is 11.8. The maximum Gasteiger partial charge on any atom is 0.314 e. The highest BCUT2D eigenvalue weighted by Gasteiger charge is 2.37. The highest BCUT2D eigenvalue weighted by Crippen LogP contribution is 2.22. The van der Waals surface area contributed by atoms with Crippen LogP contribution in [-0.2, 0) is 10.0 Å².